The number of hydrogen-bond acceptors (Lipinski definition) is 6. The Morgan fingerprint density at radius 1 is 0.680 bits per heavy atom. The molecule has 0 amide bonds. The van der Waals surface area contributed by atoms with Gasteiger partial charge in [-0.3, -0.25) is 8.37 Å². The molecule has 0 aromatic carbocycles. The fourth-order valence-corrected chi connectivity index (χ4v) is 5.70. The maximum Gasteiger partial charge on any atom is 0.284 e. The SMILES string of the molecule is CCCC(OS(=O)(=O)CS(=O)(=O)OC(CCC)C(C)(C)C)C(C)(C)C. The molecule has 0 spiro atoms. The zero-order valence-electron chi connectivity index (χ0n) is 17.0. The molecule has 0 aromatic heterocycles. The second-order valence-corrected chi connectivity index (χ2v) is 12.3. The van der Waals surface area contributed by atoms with Crippen LogP contribution in [-0.2, 0) is 28.6 Å². The maximum atomic E-state index is 12.3. The summed E-state index contributed by atoms with van der Waals surface area (Å²) in [7, 11) is -8.53. The van der Waals surface area contributed by atoms with Crippen LogP contribution in [0, 0.1) is 10.8 Å². The highest BCUT2D eigenvalue weighted by Crippen LogP contribution is 2.30. The van der Waals surface area contributed by atoms with Crippen molar-refractivity contribution in [2.45, 2.75) is 93.3 Å². The minimum Gasteiger partial charge on any atom is -0.265 e. The Kier molecular flexibility index (Phi) is 9.08. The zero-order chi connectivity index (χ0) is 20.1. The molecule has 0 heterocycles. The van der Waals surface area contributed by atoms with E-state index in [4.69, 9.17) is 8.37 Å². The quantitative estimate of drug-likeness (QED) is 0.514. The molecule has 0 aliphatic heterocycles. The summed E-state index contributed by atoms with van der Waals surface area (Å²) in [4.78, 5) is 0. The van der Waals surface area contributed by atoms with Gasteiger partial charge in [-0.15, -0.1) is 0 Å². The van der Waals surface area contributed by atoms with Gasteiger partial charge in [0, 0.05) is 0 Å². The van der Waals surface area contributed by atoms with Crippen LogP contribution in [0.2, 0.25) is 0 Å². The van der Waals surface area contributed by atoms with E-state index >= 15 is 0 Å². The molecule has 0 rings (SSSR count). The number of rotatable bonds is 10. The smallest absolute Gasteiger partial charge is 0.265 e. The highest BCUT2D eigenvalue weighted by molar-refractivity contribution is 8.03. The van der Waals surface area contributed by atoms with Crippen molar-refractivity contribution < 1.29 is 25.2 Å². The molecular weight excluding hydrogens is 364 g/mol. The average molecular weight is 401 g/mol. The third-order valence-electron chi connectivity index (χ3n) is 3.85. The summed E-state index contributed by atoms with van der Waals surface area (Å²) in [6, 6.07) is 0. The molecule has 0 radical (unpaired) electrons. The molecule has 0 fully saturated rings. The van der Waals surface area contributed by atoms with Gasteiger partial charge in [0.1, 0.15) is 0 Å². The molecule has 0 bridgehead atoms. The minimum absolute atomic E-state index is 0.413. The summed E-state index contributed by atoms with van der Waals surface area (Å²) < 4.78 is 59.6. The van der Waals surface area contributed by atoms with E-state index in [2.05, 4.69) is 0 Å². The topological polar surface area (TPSA) is 86.7 Å². The van der Waals surface area contributed by atoms with Gasteiger partial charge in [0.05, 0.1) is 12.2 Å². The van der Waals surface area contributed by atoms with Gasteiger partial charge in [-0.2, -0.15) is 16.8 Å². The zero-order valence-corrected chi connectivity index (χ0v) is 18.6. The molecule has 8 heteroatoms. The Morgan fingerprint density at radius 3 is 1.16 bits per heavy atom. The molecule has 2 unspecified atom stereocenters. The fourth-order valence-electron chi connectivity index (χ4n) is 2.36. The Bertz CT molecular complexity index is 540. The molecule has 0 N–H and O–H groups in total. The van der Waals surface area contributed by atoms with Gasteiger partial charge in [0.2, 0.25) is 5.08 Å². The van der Waals surface area contributed by atoms with Gasteiger partial charge in [-0.05, 0) is 23.7 Å². The standard InChI is InChI=1S/C17H36O6S2/c1-9-11-14(16(3,4)5)22-24(18,19)13-25(20,21)23-15(12-10-2)17(6,7)8/h14-15H,9-13H2,1-8H3. The first kappa shape index (κ1) is 24.8. The van der Waals surface area contributed by atoms with Crippen LogP contribution >= 0.6 is 0 Å². The molecule has 0 saturated carbocycles. The van der Waals surface area contributed by atoms with E-state index in [1.165, 1.54) is 0 Å². The van der Waals surface area contributed by atoms with Gasteiger partial charge >= 0.3 is 0 Å². The summed E-state index contributed by atoms with van der Waals surface area (Å²) in [6.07, 6.45) is 1.39. The molecule has 0 aliphatic carbocycles. The van der Waals surface area contributed by atoms with E-state index in [1.807, 2.05) is 55.4 Å². The van der Waals surface area contributed by atoms with Crippen LogP contribution in [0.5, 0.6) is 0 Å². The van der Waals surface area contributed by atoms with Gasteiger partial charge in [-0.25, -0.2) is 0 Å². The largest absolute Gasteiger partial charge is 0.284 e. The Morgan fingerprint density at radius 2 is 0.960 bits per heavy atom. The Labute approximate surface area is 154 Å². The van der Waals surface area contributed by atoms with E-state index < -0.39 is 48.4 Å². The molecule has 0 saturated heterocycles. The van der Waals surface area contributed by atoms with Gasteiger partial charge in [0.25, 0.3) is 20.2 Å². The molecule has 25 heavy (non-hydrogen) atoms. The first-order chi connectivity index (χ1) is 11.0. The Hall–Kier alpha value is -0.180. The highest BCUT2D eigenvalue weighted by atomic mass is 32.3. The fraction of sp³-hybridized carbons (Fsp3) is 1.00. The number of hydrogen-bond donors (Lipinski definition) is 0. The summed E-state index contributed by atoms with van der Waals surface area (Å²) in [5.41, 5.74) is -0.826. The molecule has 0 aliphatic rings. The van der Waals surface area contributed by atoms with E-state index in [9.17, 15) is 16.8 Å². The van der Waals surface area contributed by atoms with Crippen molar-refractivity contribution in [1.82, 2.24) is 0 Å². The Balaban J connectivity index is 5.24. The highest BCUT2D eigenvalue weighted by Gasteiger charge is 2.36. The summed E-state index contributed by atoms with van der Waals surface area (Å²) in [5, 5.41) is -1.16. The van der Waals surface area contributed by atoms with Gasteiger partial charge < -0.3 is 0 Å². The van der Waals surface area contributed by atoms with Crippen molar-refractivity contribution in [3.8, 4) is 0 Å². The van der Waals surface area contributed by atoms with Crippen molar-refractivity contribution in [1.29, 1.82) is 0 Å². The van der Waals surface area contributed by atoms with E-state index in [-0.39, 0.29) is 0 Å². The molecule has 6 nitrogen and oxygen atoms in total. The maximum absolute atomic E-state index is 12.3. The summed E-state index contributed by atoms with van der Waals surface area (Å²) >= 11 is 0. The lowest BCUT2D eigenvalue weighted by Gasteiger charge is -2.31. The lowest BCUT2D eigenvalue weighted by atomic mass is 9.87. The monoisotopic (exact) mass is 400 g/mol. The second kappa shape index (κ2) is 9.15. The second-order valence-electron chi connectivity index (χ2n) is 8.71. The first-order valence-electron chi connectivity index (χ1n) is 8.86. The van der Waals surface area contributed by atoms with Crippen LogP contribution in [0.3, 0.4) is 0 Å². The van der Waals surface area contributed by atoms with E-state index in [1.54, 1.807) is 0 Å². The lowest BCUT2D eigenvalue weighted by molar-refractivity contribution is 0.0809. The van der Waals surface area contributed by atoms with E-state index in [0.717, 1.165) is 12.8 Å². The van der Waals surface area contributed by atoms with Crippen LogP contribution < -0.4 is 0 Å². The lowest BCUT2D eigenvalue weighted by Crippen LogP contribution is -2.36. The third-order valence-corrected chi connectivity index (χ3v) is 7.21. The van der Waals surface area contributed by atoms with Crippen molar-refractivity contribution in [3.05, 3.63) is 0 Å². The summed E-state index contributed by atoms with van der Waals surface area (Å²) in [5.74, 6) is 0. The molecule has 2 atom stereocenters. The van der Waals surface area contributed by atoms with Crippen molar-refractivity contribution in [3.63, 3.8) is 0 Å². The summed E-state index contributed by atoms with van der Waals surface area (Å²) in [6.45, 7) is 15.0. The van der Waals surface area contributed by atoms with Gasteiger partial charge in [0.15, 0.2) is 0 Å². The van der Waals surface area contributed by atoms with Crippen LogP contribution in [0.1, 0.15) is 81.1 Å². The van der Waals surface area contributed by atoms with E-state index in [0.29, 0.717) is 12.8 Å². The minimum atomic E-state index is -4.26. The first-order valence-corrected chi connectivity index (χ1v) is 12.0. The van der Waals surface area contributed by atoms with Crippen LogP contribution in [0.15, 0.2) is 0 Å². The van der Waals surface area contributed by atoms with Gasteiger partial charge in [-0.1, -0.05) is 68.2 Å². The third kappa shape index (κ3) is 9.92. The average Bonchev–Trinajstić information content (AvgIpc) is 2.33. The van der Waals surface area contributed by atoms with Crippen LogP contribution in [-0.4, -0.2) is 34.1 Å². The van der Waals surface area contributed by atoms with Crippen molar-refractivity contribution >= 4 is 20.2 Å². The van der Waals surface area contributed by atoms with Crippen molar-refractivity contribution in [2.75, 3.05) is 5.08 Å². The predicted octanol–water partition coefficient (Wildman–Crippen LogP) is 4.07. The molecular formula is C17H36O6S2. The predicted molar refractivity (Wildman–Crippen MR) is 101 cm³/mol. The molecule has 0 aromatic rings. The van der Waals surface area contributed by atoms with Crippen LogP contribution in [0.25, 0.3) is 0 Å². The molecule has 152 valence electrons. The normalized spacial score (nSPS) is 16.6. The van der Waals surface area contributed by atoms with Crippen molar-refractivity contribution in [2.24, 2.45) is 10.8 Å². The van der Waals surface area contributed by atoms with Crippen LogP contribution in [0.4, 0.5) is 0 Å².